The van der Waals surface area contributed by atoms with Gasteiger partial charge >= 0.3 is 0 Å². The third-order valence-electron chi connectivity index (χ3n) is 1.29. The normalized spacial score (nSPS) is 8.64. The van der Waals surface area contributed by atoms with Gasteiger partial charge in [-0.05, 0) is 19.6 Å². The van der Waals surface area contributed by atoms with Crippen LogP contribution in [0, 0.1) is 0 Å². The lowest BCUT2D eigenvalue weighted by Crippen LogP contribution is -2.26. The molecule has 0 radical (unpaired) electrons. The van der Waals surface area contributed by atoms with Crippen LogP contribution in [-0.4, -0.2) is 28.1 Å². The van der Waals surface area contributed by atoms with Crippen LogP contribution in [0.4, 0.5) is 0 Å². The molecule has 0 saturated heterocycles. The fourth-order valence-electron chi connectivity index (χ4n) is 0.697. The first-order valence-corrected chi connectivity index (χ1v) is 5.07. The Labute approximate surface area is 86.4 Å². The van der Waals surface area contributed by atoms with Gasteiger partial charge in [-0.1, -0.05) is 30.9 Å². The lowest BCUT2D eigenvalue weighted by molar-refractivity contribution is 0.482. The molecular formula is C7H17NS3. The van der Waals surface area contributed by atoms with E-state index in [-0.39, 0.29) is 13.5 Å². The van der Waals surface area contributed by atoms with Gasteiger partial charge in [0.15, 0.2) is 0 Å². The molecule has 0 aliphatic carbocycles. The van der Waals surface area contributed by atoms with Crippen LogP contribution < -0.4 is 0 Å². The van der Waals surface area contributed by atoms with Crippen LogP contribution in [0.1, 0.15) is 20.8 Å². The summed E-state index contributed by atoms with van der Waals surface area (Å²) in [6.45, 7) is 8.45. The van der Waals surface area contributed by atoms with Crippen molar-refractivity contribution in [3.05, 3.63) is 0 Å². The van der Waals surface area contributed by atoms with Crippen LogP contribution in [-0.2, 0) is 0 Å². The Morgan fingerprint density at radius 3 is 2.00 bits per heavy atom. The number of hydrogen-bond donors (Lipinski definition) is 0. The van der Waals surface area contributed by atoms with Crippen LogP contribution in [0.2, 0.25) is 0 Å². The molecule has 68 valence electrons. The second-order valence-corrected chi connectivity index (χ2v) is 3.77. The topological polar surface area (TPSA) is 3.24 Å². The van der Waals surface area contributed by atoms with Gasteiger partial charge in [0.1, 0.15) is 4.32 Å². The third-order valence-corrected chi connectivity index (χ3v) is 2.70. The molecule has 0 aromatic carbocycles. The smallest absolute Gasteiger partial charge is 0.136 e. The Morgan fingerprint density at radius 1 is 1.27 bits per heavy atom. The third kappa shape index (κ3) is 5.82. The van der Waals surface area contributed by atoms with Crippen molar-refractivity contribution in [2.75, 3.05) is 18.8 Å². The molecule has 0 aliphatic rings. The highest BCUT2D eigenvalue weighted by Crippen LogP contribution is 2.07. The van der Waals surface area contributed by atoms with E-state index in [9.17, 15) is 0 Å². The molecule has 0 unspecified atom stereocenters. The zero-order valence-electron chi connectivity index (χ0n) is 7.39. The Bertz CT molecular complexity index is 102. The lowest BCUT2D eigenvalue weighted by atomic mass is 10.6. The summed E-state index contributed by atoms with van der Waals surface area (Å²) in [7, 11) is 0. The number of nitrogens with zero attached hydrogens (tertiary/aromatic N) is 1. The fraction of sp³-hybridized carbons (Fsp3) is 0.857. The Balaban J connectivity index is 0. The number of thiocarbonyl (C=S) groups is 1. The minimum absolute atomic E-state index is 0. The molecule has 0 spiro atoms. The van der Waals surface area contributed by atoms with Crippen molar-refractivity contribution in [2.24, 2.45) is 0 Å². The van der Waals surface area contributed by atoms with Gasteiger partial charge in [-0.15, -0.1) is 0 Å². The summed E-state index contributed by atoms with van der Waals surface area (Å²) in [5, 5.41) is 0. The van der Waals surface area contributed by atoms with E-state index < -0.39 is 0 Å². The maximum absolute atomic E-state index is 5.16. The molecule has 0 bridgehead atoms. The van der Waals surface area contributed by atoms with Gasteiger partial charge in [0.05, 0.1) is 0 Å². The highest BCUT2D eigenvalue weighted by atomic mass is 32.2. The Kier molecular flexibility index (Phi) is 11.2. The van der Waals surface area contributed by atoms with Crippen molar-refractivity contribution < 1.29 is 0 Å². The summed E-state index contributed by atoms with van der Waals surface area (Å²) >= 11 is 6.91. The number of rotatable bonds is 3. The van der Waals surface area contributed by atoms with Crippen LogP contribution in [0.25, 0.3) is 0 Å². The van der Waals surface area contributed by atoms with Gasteiger partial charge in [-0.2, -0.15) is 13.5 Å². The number of hydrogen-bond acceptors (Lipinski definition) is 2. The van der Waals surface area contributed by atoms with Crippen molar-refractivity contribution >= 4 is 41.8 Å². The molecule has 0 rings (SSSR count). The minimum Gasteiger partial charge on any atom is -0.358 e. The monoisotopic (exact) mass is 211 g/mol. The van der Waals surface area contributed by atoms with Crippen molar-refractivity contribution in [1.82, 2.24) is 4.90 Å². The molecule has 0 heterocycles. The molecule has 0 amide bonds. The second-order valence-electron chi connectivity index (χ2n) is 1.87. The summed E-state index contributed by atoms with van der Waals surface area (Å²) in [5.41, 5.74) is 0. The van der Waals surface area contributed by atoms with E-state index in [2.05, 4.69) is 25.7 Å². The highest BCUT2D eigenvalue weighted by molar-refractivity contribution is 8.22. The molecule has 1 nitrogen and oxygen atoms in total. The van der Waals surface area contributed by atoms with E-state index in [4.69, 9.17) is 12.2 Å². The first-order chi connectivity index (χ1) is 4.76. The van der Waals surface area contributed by atoms with Crippen LogP contribution in [0.3, 0.4) is 0 Å². The quantitative estimate of drug-likeness (QED) is 0.660. The zero-order chi connectivity index (χ0) is 7.98. The van der Waals surface area contributed by atoms with E-state index in [0.29, 0.717) is 0 Å². The molecule has 0 aliphatic heterocycles. The lowest BCUT2D eigenvalue weighted by Gasteiger charge is -2.20. The first-order valence-electron chi connectivity index (χ1n) is 3.67. The Morgan fingerprint density at radius 2 is 1.73 bits per heavy atom. The molecule has 0 atom stereocenters. The molecule has 11 heavy (non-hydrogen) atoms. The SMILES string of the molecule is CCSC(=S)N(CC)CC.S. The van der Waals surface area contributed by atoms with Crippen LogP contribution >= 0.6 is 37.5 Å². The van der Waals surface area contributed by atoms with Crippen LogP contribution in [0.5, 0.6) is 0 Å². The molecule has 4 heteroatoms. The van der Waals surface area contributed by atoms with Gasteiger partial charge in [0.25, 0.3) is 0 Å². The maximum Gasteiger partial charge on any atom is 0.136 e. The van der Waals surface area contributed by atoms with Gasteiger partial charge in [-0.25, -0.2) is 0 Å². The second kappa shape index (κ2) is 8.68. The highest BCUT2D eigenvalue weighted by Gasteiger charge is 2.02. The summed E-state index contributed by atoms with van der Waals surface area (Å²) in [6.07, 6.45) is 0. The van der Waals surface area contributed by atoms with Crippen molar-refractivity contribution in [1.29, 1.82) is 0 Å². The molecule has 0 N–H and O–H groups in total. The fourth-order valence-corrected chi connectivity index (χ4v) is 2.00. The van der Waals surface area contributed by atoms with Gasteiger partial charge < -0.3 is 4.90 Å². The van der Waals surface area contributed by atoms with Gasteiger partial charge in [0, 0.05) is 13.1 Å². The molecule has 0 aromatic heterocycles. The predicted octanol–water partition coefficient (Wildman–Crippen LogP) is 2.48. The first kappa shape index (κ1) is 14.1. The average Bonchev–Trinajstić information content (AvgIpc) is 1.91. The van der Waals surface area contributed by atoms with Crippen LogP contribution in [0.15, 0.2) is 0 Å². The van der Waals surface area contributed by atoms with Gasteiger partial charge in [0.2, 0.25) is 0 Å². The summed E-state index contributed by atoms with van der Waals surface area (Å²) < 4.78 is 1.03. The standard InChI is InChI=1S/C7H15NS2.H2S/c1-4-8(5-2)7(9)10-6-3;/h4-6H2,1-3H3;1H2. The molecule has 0 saturated carbocycles. The van der Waals surface area contributed by atoms with E-state index >= 15 is 0 Å². The van der Waals surface area contributed by atoms with Crippen molar-refractivity contribution in [2.45, 2.75) is 20.8 Å². The summed E-state index contributed by atoms with van der Waals surface area (Å²) in [5.74, 6) is 1.08. The van der Waals surface area contributed by atoms with E-state index in [1.54, 1.807) is 11.8 Å². The van der Waals surface area contributed by atoms with E-state index in [0.717, 1.165) is 23.2 Å². The van der Waals surface area contributed by atoms with Crippen molar-refractivity contribution in [3.8, 4) is 0 Å². The molecule has 0 fully saturated rings. The van der Waals surface area contributed by atoms with E-state index in [1.165, 1.54) is 0 Å². The summed E-state index contributed by atoms with van der Waals surface area (Å²) in [6, 6.07) is 0. The van der Waals surface area contributed by atoms with Crippen molar-refractivity contribution in [3.63, 3.8) is 0 Å². The van der Waals surface area contributed by atoms with E-state index in [1.807, 2.05) is 0 Å². The molecule has 0 aromatic rings. The largest absolute Gasteiger partial charge is 0.358 e. The zero-order valence-corrected chi connectivity index (χ0v) is 10.0. The molecular weight excluding hydrogens is 194 g/mol. The predicted molar refractivity (Wildman–Crippen MR) is 64.0 cm³/mol. The average molecular weight is 211 g/mol. The Hall–Kier alpha value is 0.590. The summed E-state index contributed by atoms with van der Waals surface area (Å²) in [4.78, 5) is 2.20. The number of thioether (sulfide) groups is 1. The van der Waals surface area contributed by atoms with Gasteiger partial charge in [-0.3, -0.25) is 0 Å². The maximum atomic E-state index is 5.16. The minimum atomic E-state index is 0.